The van der Waals surface area contributed by atoms with Crippen LogP contribution in [-0.2, 0) is 9.53 Å². The third-order valence-electron chi connectivity index (χ3n) is 1.48. The van der Waals surface area contributed by atoms with Gasteiger partial charge in [-0.15, -0.1) is 0 Å². The van der Waals surface area contributed by atoms with Crippen molar-refractivity contribution in [2.24, 2.45) is 0 Å². The SMILES string of the molecule is COC(=O)C#Cc1cc(Cl)cc(F)c1Cl. The summed E-state index contributed by atoms with van der Waals surface area (Å²) in [5.41, 5.74) is 0.145. The summed E-state index contributed by atoms with van der Waals surface area (Å²) in [6.45, 7) is 0. The molecule has 0 N–H and O–H groups in total. The molecule has 0 saturated heterocycles. The minimum absolute atomic E-state index is 0.145. The molecule has 1 aromatic rings. The minimum Gasteiger partial charge on any atom is -0.459 e. The van der Waals surface area contributed by atoms with Crippen molar-refractivity contribution < 1.29 is 13.9 Å². The molecule has 0 bridgehead atoms. The van der Waals surface area contributed by atoms with Crippen LogP contribution in [0.2, 0.25) is 10.0 Å². The van der Waals surface area contributed by atoms with E-state index < -0.39 is 11.8 Å². The number of carbonyl (C=O) groups excluding carboxylic acids is 1. The lowest BCUT2D eigenvalue weighted by Crippen LogP contribution is -1.94. The highest BCUT2D eigenvalue weighted by Crippen LogP contribution is 2.23. The molecular weight excluding hydrogens is 242 g/mol. The zero-order valence-electron chi connectivity index (χ0n) is 7.61. The molecule has 0 radical (unpaired) electrons. The standard InChI is InChI=1S/C10H5Cl2FO2/c1-15-9(14)3-2-6-4-7(11)5-8(13)10(6)12/h4-5H,1H3. The fourth-order valence-electron chi connectivity index (χ4n) is 0.816. The molecule has 0 amide bonds. The number of esters is 1. The lowest BCUT2D eigenvalue weighted by Gasteiger charge is -1.98. The molecule has 0 saturated carbocycles. The summed E-state index contributed by atoms with van der Waals surface area (Å²) < 4.78 is 17.3. The third kappa shape index (κ3) is 3.12. The predicted octanol–water partition coefficient (Wildman–Crippen LogP) is 2.66. The largest absolute Gasteiger partial charge is 0.459 e. The zero-order valence-corrected chi connectivity index (χ0v) is 9.12. The van der Waals surface area contributed by atoms with Crippen molar-refractivity contribution in [2.75, 3.05) is 7.11 Å². The van der Waals surface area contributed by atoms with Gasteiger partial charge in [-0.3, -0.25) is 0 Å². The van der Waals surface area contributed by atoms with Crippen molar-refractivity contribution in [3.05, 3.63) is 33.6 Å². The average Bonchev–Trinajstić information content (AvgIpc) is 2.20. The summed E-state index contributed by atoms with van der Waals surface area (Å²) >= 11 is 11.2. The van der Waals surface area contributed by atoms with E-state index in [2.05, 4.69) is 16.6 Å². The van der Waals surface area contributed by atoms with Gasteiger partial charge < -0.3 is 4.74 Å². The second kappa shape index (κ2) is 5.01. The van der Waals surface area contributed by atoms with E-state index in [1.54, 1.807) is 0 Å². The highest BCUT2D eigenvalue weighted by Gasteiger charge is 2.06. The van der Waals surface area contributed by atoms with Gasteiger partial charge in [0, 0.05) is 16.5 Å². The van der Waals surface area contributed by atoms with E-state index in [-0.39, 0.29) is 15.6 Å². The van der Waals surface area contributed by atoms with Crippen LogP contribution in [0.3, 0.4) is 0 Å². The van der Waals surface area contributed by atoms with E-state index in [0.29, 0.717) is 0 Å². The molecule has 1 aromatic carbocycles. The second-order valence-corrected chi connectivity index (χ2v) is 3.31. The first-order valence-electron chi connectivity index (χ1n) is 3.79. The first-order valence-corrected chi connectivity index (χ1v) is 4.54. The van der Waals surface area contributed by atoms with Crippen molar-refractivity contribution in [3.8, 4) is 11.8 Å². The average molecular weight is 247 g/mol. The molecule has 5 heteroatoms. The van der Waals surface area contributed by atoms with Gasteiger partial charge in [0.25, 0.3) is 0 Å². The molecule has 15 heavy (non-hydrogen) atoms. The number of rotatable bonds is 0. The van der Waals surface area contributed by atoms with Gasteiger partial charge in [0.1, 0.15) is 5.82 Å². The molecule has 0 aliphatic heterocycles. The fraction of sp³-hybridized carbons (Fsp3) is 0.100. The van der Waals surface area contributed by atoms with E-state index in [0.717, 1.165) is 6.07 Å². The van der Waals surface area contributed by atoms with Gasteiger partial charge >= 0.3 is 5.97 Å². The number of hydrogen-bond acceptors (Lipinski definition) is 2. The van der Waals surface area contributed by atoms with Crippen molar-refractivity contribution in [3.63, 3.8) is 0 Å². The summed E-state index contributed by atoms with van der Waals surface area (Å²) in [7, 11) is 1.19. The molecule has 0 fully saturated rings. The number of ether oxygens (including phenoxy) is 1. The Labute approximate surface area is 95.9 Å². The summed E-state index contributed by atoms with van der Waals surface area (Å²) in [5, 5.41) is -0.0122. The fourth-order valence-corrected chi connectivity index (χ4v) is 1.18. The molecule has 0 aliphatic carbocycles. The number of carbonyl (C=O) groups is 1. The van der Waals surface area contributed by atoms with Crippen LogP contribution < -0.4 is 0 Å². The predicted molar refractivity (Wildman–Crippen MR) is 55.3 cm³/mol. The first kappa shape index (κ1) is 11.8. The maximum Gasteiger partial charge on any atom is 0.384 e. The maximum atomic E-state index is 13.0. The Bertz CT molecular complexity index is 460. The zero-order chi connectivity index (χ0) is 11.4. The number of hydrogen-bond donors (Lipinski definition) is 0. The van der Waals surface area contributed by atoms with E-state index in [4.69, 9.17) is 23.2 Å². The maximum absolute atomic E-state index is 13.0. The van der Waals surface area contributed by atoms with Crippen LogP contribution in [-0.4, -0.2) is 13.1 Å². The first-order chi connectivity index (χ1) is 7.04. The molecule has 0 unspecified atom stereocenters. The van der Waals surface area contributed by atoms with Crippen molar-refractivity contribution in [1.29, 1.82) is 0 Å². The molecule has 0 heterocycles. The highest BCUT2D eigenvalue weighted by molar-refractivity contribution is 6.34. The Morgan fingerprint density at radius 3 is 2.73 bits per heavy atom. The second-order valence-electron chi connectivity index (χ2n) is 2.49. The summed E-state index contributed by atoms with van der Waals surface area (Å²) in [4.78, 5) is 10.7. The summed E-state index contributed by atoms with van der Waals surface area (Å²) in [6, 6.07) is 2.43. The number of halogens is 3. The molecular formula is C10H5Cl2FO2. The van der Waals surface area contributed by atoms with Crippen LogP contribution in [0, 0.1) is 17.7 Å². The van der Waals surface area contributed by atoms with Gasteiger partial charge in [-0.2, -0.15) is 0 Å². The molecule has 0 atom stereocenters. The van der Waals surface area contributed by atoms with E-state index in [9.17, 15) is 9.18 Å². The topological polar surface area (TPSA) is 26.3 Å². The Kier molecular flexibility index (Phi) is 3.96. The van der Waals surface area contributed by atoms with Crippen molar-refractivity contribution in [1.82, 2.24) is 0 Å². The van der Waals surface area contributed by atoms with E-state index >= 15 is 0 Å². The summed E-state index contributed by atoms with van der Waals surface area (Å²) in [6.07, 6.45) is 0. The van der Waals surface area contributed by atoms with Crippen molar-refractivity contribution in [2.45, 2.75) is 0 Å². The van der Waals surface area contributed by atoms with Crippen LogP contribution in [0.1, 0.15) is 5.56 Å². The van der Waals surface area contributed by atoms with Crippen LogP contribution in [0.25, 0.3) is 0 Å². The number of methoxy groups -OCH3 is 1. The Morgan fingerprint density at radius 2 is 2.13 bits per heavy atom. The molecule has 0 spiro atoms. The molecule has 2 nitrogen and oxygen atoms in total. The van der Waals surface area contributed by atoms with Crippen molar-refractivity contribution >= 4 is 29.2 Å². The minimum atomic E-state index is -0.730. The van der Waals surface area contributed by atoms with Gasteiger partial charge in [0.15, 0.2) is 0 Å². The smallest absolute Gasteiger partial charge is 0.384 e. The van der Waals surface area contributed by atoms with Gasteiger partial charge in [-0.25, -0.2) is 9.18 Å². The van der Waals surface area contributed by atoms with E-state index in [1.807, 2.05) is 0 Å². The lowest BCUT2D eigenvalue weighted by molar-refractivity contribution is -0.133. The molecule has 0 aliphatic rings. The highest BCUT2D eigenvalue weighted by atomic mass is 35.5. The quantitative estimate of drug-likeness (QED) is 0.400. The number of benzene rings is 1. The molecule has 1 rings (SSSR count). The van der Waals surface area contributed by atoms with E-state index in [1.165, 1.54) is 13.2 Å². The van der Waals surface area contributed by atoms with Crippen LogP contribution in [0.15, 0.2) is 12.1 Å². The van der Waals surface area contributed by atoms with Gasteiger partial charge in [0.2, 0.25) is 0 Å². The third-order valence-corrected chi connectivity index (χ3v) is 2.08. The Balaban J connectivity index is 3.13. The van der Waals surface area contributed by atoms with Gasteiger partial charge in [0.05, 0.1) is 12.1 Å². The summed E-state index contributed by atoms with van der Waals surface area (Å²) in [5.74, 6) is 3.08. The van der Waals surface area contributed by atoms with Crippen LogP contribution in [0.5, 0.6) is 0 Å². The monoisotopic (exact) mass is 246 g/mol. The lowest BCUT2D eigenvalue weighted by atomic mass is 10.2. The van der Waals surface area contributed by atoms with Gasteiger partial charge in [-0.1, -0.05) is 29.1 Å². The molecule has 78 valence electrons. The normalized spacial score (nSPS) is 9.07. The Hall–Kier alpha value is -1.24. The molecule has 0 aromatic heterocycles. The van der Waals surface area contributed by atoms with Crippen LogP contribution in [0.4, 0.5) is 4.39 Å². The Morgan fingerprint density at radius 1 is 1.47 bits per heavy atom. The van der Waals surface area contributed by atoms with Crippen LogP contribution >= 0.6 is 23.2 Å². The van der Waals surface area contributed by atoms with Gasteiger partial charge in [-0.05, 0) is 12.1 Å².